The number of sulfonamides is 1. The number of benzene rings is 1. The first-order chi connectivity index (χ1) is 11.5. The molecule has 2 aliphatic heterocycles. The van der Waals surface area contributed by atoms with Crippen molar-refractivity contribution in [1.82, 2.24) is 4.31 Å². The van der Waals surface area contributed by atoms with Gasteiger partial charge in [0.15, 0.2) is 0 Å². The molecule has 2 fully saturated rings. The van der Waals surface area contributed by atoms with Gasteiger partial charge in [-0.3, -0.25) is 0 Å². The zero-order valence-corrected chi connectivity index (χ0v) is 15.1. The minimum atomic E-state index is -3.64. The number of nitrogens with two attached hydrogens (primary N) is 1. The summed E-state index contributed by atoms with van der Waals surface area (Å²) in [5.41, 5.74) is 5.67. The molecule has 0 bridgehead atoms. The van der Waals surface area contributed by atoms with Gasteiger partial charge in [-0.15, -0.1) is 0 Å². The van der Waals surface area contributed by atoms with Crippen LogP contribution in [-0.2, 0) is 14.8 Å². The maximum Gasteiger partial charge on any atom is 0.246 e. The van der Waals surface area contributed by atoms with E-state index >= 15 is 0 Å². The van der Waals surface area contributed by atoms with E-state index in [-0.39, 0.29) is 10.8 Å². The summed E-state index contributed by atoms with van der Waals surface area (Å²) in [7, 11) is -3.64. The highest BCUT2D eigenvalue weighted by Gasteiger charge is 2.34. The average Bonchev–Trinajstić information content (AvgIpc) is 3.25. The summed E-state index contributed by atoms with van der Waals surface area (Å²) < 4.78 is 38.6. The monoisotopic (exact) mass is 374 g/mol. The summed E-state index contributed by atoms with van der Waals surface area (Å²) >= 11 is 6.03. The van der Waals surface area contributed by atoms with Crippen LogP contribution in [0.25, 0.3) is 0 Å². The summed E-state index contributed by atoms with van der Waals surface area (Å²) in [6.07, 6.45) is 1.71. The third kappa shape index (κ3) is 3.86. The maximum absolute atomic E-state index is 13.0. The summed E-state index contributed by atoms with van der Waals surface area (Å²) in [6, 6.07) is 4.74. The molecule has 2 aliphatic rings. The number of nitrogens with zero attached hydrogens (tertiary/aromatic N) is 1. The minimum Gasteiger partial charge on any atom is -0.492 e. The molecule has 8 heteroatoms. The van der Waals surface area contributed by atoms with Gasteiger partial charge in [0, 0.05) is 30.6 Å². The molecule has 2 heterocycles. The Kier molecular flexibility index (Phi) is 5.66. The van der Waals surface area contributed by atoms with Crippen molar-refractivity contribution in [2.75, 3.05) is 39.5 Å². The summed E-state index contributed by atoms with van der Waals surface area (Å²) in [5.74, 6) is 0.853. The van der Waals surface area contributed by atoms with Crippen LogP contribution in [0.1, 0.15) is 12.8 Å². The van der Waals surface area contributed by atoms with Gasteiger partial charge in [0.1, 0.15) is 10.6 Å². The average molecular weight is 375 g/mol. The second kappa shape index (κ2) is 7.58. The highest BCUT2D eigenvalue weighted by atomic mass is 35.5. The fourth-order valence-corrected chi connectivity index (χ4v) is 5.00. The molecule has 0 amide bonds. The number of hydrogen-bond donors (Lipinski definition) is 1. The van der Waals surface area contributed by atoms with Gasteiger partial charge in [-0.2, -0.15) is 4.31 Å². The van der Waals surface area contributed by atoms with Crippen LogP contribution >= 0.6 is 11.6 Å². The van der Waals surface area contributed by atoms with Gasteiger partial charge < -0.3 is 15.2 Å². The fraction of sp³-hybridized carbons (Fsp3) is 0.625. The second-order valence-electron chi connectivity index (χ2n) is 6.39. The Hall–Kier alpha value is -0.860. The standard InChI is InChI=1S/C16H23ClN2O4S/c17-14-1-2-15(23-11-13-4-6-22-10-13)16(7-14)24(20,21)19-5-3-12(8-18)9-19/h1-2,7,12-13H,3-6,8-11,18H2. The van der Waals surface area contributed by atoms with Crippen molar-refractivity contribution in [3.63, 3.8) is 0 Å². The van der Waals surface area contributed by atoms with Crippen LogP contribution < -0.4 is 10.5 Å². The van der Waals surface area contributed by atoms with Crippen LogP contribution in [0.3, 0.4) is 0 Å². The fourth-order valence-electron chi connectivity index (χ4n) is 3.07. The molecule has 0 aromatic heterocycles. The van der Waals surface area contributed by atoms with E-state index in [1.807, 2.05) is 0 Å². The predicted molar refractivity (Wildman–Crippen MR) is 91.8 cm³/mol. The van der Waals surface area contributed by atoms with Gasteiger partial charge in [-0.25, -0.2) is 8.42 Å². The van der Waals surface area contributed by atoms with Crippen molar-refractivity contribution in [1.29, 1.82) is 0 Å². The first-order valence-corrected chi connectivity index (χ1v) is 10.0. The van der Waals surface area contributed by atoms with Crippen LogP contribution in [0.4, 0.5) is 0 Å². The van der Waals surface area contributed by atoms with Gasteiger partial charge in [-0.1, -0.05) is 11.6 Å². The van der Waals surface area contributed by atoms with Gasteiger partial charge >= 0.3 is 0 Å². The lowest BCUT2D eigenvalue weighted by molar-refractivity contribution is 0.166. The minimum absolute atomic E-state index is 0.131. The van der Waals surface area contributed by atoms with Gasteiger partial charge in [-0.05, 0) is 43.5 Å². The molecule has 3 rings (SSSR count). The van der Waals surface area contributed by atoms with E-state index in [4.69, 9.17) is 26.8 Å². The summed E-state index contributed by atoms with van der Waals surface area (Å²) in [5, 5.41) is 0.375. The molecular weight excluding hydrogens is 352 g/mol. The summed E-state index contributed by atoms with van der Waals surface area (Å²) in [4.78, 5) is 0.131. The van der Waals surface area contributed by atoms with Crippen molar-refractivity contribution in [2.24, 2.45) is 17.6 Å². The van der Waals surface area contributed by atoms with E-state index in [1.54, 1.807) is 12.1 Å². The van der Waals surface area contributed by atoms with Crippen molar-refractivity contribution < 1.29 is 17.9 Å². The molecule has 2 atom stereocenters. The first-order valence-electron chi connectivity index (χ1n) is 8.21. The molecule has 134 valence electrons. The molecule has 0 spiro atoms. The Morgan fingerprint density at radius 3 is 2.83 bits per heavy atom. The molecule has 0 saturated carbocycles. The predicted octanol–water partition coefficient (Wildman–Crippen LogP) is 1.72. The third-order valence-corrected chi connectivity index (χ3v) is 6.73. The Morgan fingerprint density at radius 2 is 2.17 bits per heavy atom. The highest BCUT2D eigenvalue weighted by molar-refractivity contribution is 7.89. The molecule has 1 aromatic rings. The van der Waals surface area contributed by atoms with Crippen LogP contribution in [0.5, 0.6) is 5.75 Å². The lowest BCUT2D eigenvalue weighted by Crippen LogP contribution is -2.30. The lowest BCUT2D eigenvalue weighted by Gasteiger charge is -2.20. The normalized spacial score (nSPS) is 25.2. The molecule has 6 nitrogen and oxygen atoms in total. The molecular formula is C16H23ClN2O4S. The van der Waals surface area contributed by atoms with Crippen molar-refractivity contribution in [3.8, 4) is 5.75 Å². The quantitative estimate of drug-likeness (QED) is 0.819. The molecule has 0 radical (unpaired) electrons. The smallest absolute Gasteiger partial charge is 0.246 e. The van der Waals surface area contributed by atoms with E-state index < -0.39 is 10.0 Å². The molecule has 0 aliphatic carbocycles. The molecule has 2 unspecified atom stereocenters. The zero-order valence-electron chi connectivity index (χ0n) is 13.5. The number of rotatable bonds is 6. The maximum atomic E-state index is 13.0. The number of hydrogen-bond acceptors (Lipinski definition) is 5. The summed E-state index contributed by atoms with van der Waals surface area (Å²) in [6.45, 7) is 3.24. The molecule has 24 heavy (non-hydrogen) atoms. The Labute approximate surface area is 147 Å². The van der Waals surface area contributed by atoms with Crippen molar-refractivity contribution in [2.45, 2.75) is 17.7 Å². The van der Waals surface area contributed by atoms with Crippen LogP contribution in [0, 0.1) is 11.8 Å². The Balaban J connectivity index is 1.81. The molecule has 2 N–H and O–H groups in total. The Morgan fingerprint density at radius 1 is 1.33 bits per heavy atom. The van der Waals surface area contributed by atoms with E-state index in [0.717, 1.165) is 19.4 Å². The van der Waals surface area contributed by atoms with E-state index in [2.05, 4.69) is 0 Å². The van der Waals surface area contributed by atoms with E-state index in [0.29, 0.717) is 49.5 Å². The highest BCUT2D eigenvalue weighted by Crippen LogP contribution is 2.33. The van der Waals surface area contributed by atoms with Crippen LogP contribution in [0.2, 0.25) is 5.02 Å². The first kappa shape index (κ1) is 17.9. The van der Waals surface area contributed by atoms with Crippen molar-refractivity contribution in [3.05, 3.63) is 23.2 Å². The largest absolute Gasteiger partial charge is 0.492 e. The van der Waals surface area contributed by atoms with Crippen molar-refractivity contribution >= 4 is 21.6 Å². The van der Waals surface area contributed by atoms with Crippen LogP contribution in [0.15, 0.2) is 23.1 Å². The van der Waals surface area contributed by atoms with Gasteiger partial charge in [0.25, 0.3) is 0 Å². The SMILES string of the molecule is NCC1CCN(S(=O)(=O)c2cc(Cl)ccc2OCC2CCOC2)C1. The molecule has 1 aromatic carbocycles. The molecule has 2 saturated heterocycles. The van der Waals surface area contributed by atoms with Gasteiger partial charge in [0.2, 0.25) is 10.0 Å². The lowest BCUT2D eigenvalue weighted by atomic mass is 10.1. The van der Waals surface area contributed by atoms with E-state index in [1.165, 1.54) is 10.4 Å². The van der Waals surface area contributed by atoms with Gasteiger partial charge in [0.05, 0.1) is 13.2 Å². The number of ether oxygens (including phenoxy) is 2. The van der Waals surface area contributed by atoms with Crippen LogP contribution in [-0.4, -0.2) is 52.2 Å². The zero-order chi connectivity index (χ0) is 17.2. The third-order valence-electron chi connectivity index (χ3n) is 4.60. The topological polar surface area (TPSA) is 81.9 Å². The van der Waals surface area contributed by atoms with E-state index in [9.17, 15) is 8.42 Å². The second-order valence-corrected chi connectivity index (χ2v) is 8.73. The Bertz CT molecular complexity index is 677. The number of halogens is 1.